The molecule has 0 bridgehead atoms. The predicted molar refractivity (Wildman–Crippen MR) is 77.3 cm³/mol. The average Bonchev–Trinajstić information content (AvgIpc) is 3.14. The Hall–Kier alpha value is -0.340. The smallest absolute Gasteiger partial charge is 0.0207 e. The van der Waals surface area contributed by atoms with E-state index in [9.17, 15) is 0 Å². The van der Waals surface area contributed by atoms with Crippen molar-refractivity contribution < 1.29 is 0 Å². The molecule has 1 unspecified atom stereocenters. The zero-order valence-corrected chi connectivity index (χ0v) is 12.4. The maximum atomic E-state index is 3.67. The van der Waals surface area contributed by atoms with E-state index in [1.165, 1.54) is 29.3 Å². The number of hydrogen-bond donors (Lipinski definition) is 1. The summed E-state index contributed by atoms with van der Waals surface area (Å²) < 4.78 is 1.24. The lowest BCUT2D eigenvalue weighted by molar-refractivity contribution is 0.289. The Morgan fingerprint density at radius 2 is 2.06 bits per heavy atom. The highest BCUT2D eigenvalue weighted by molar-refractivity contribution is 9.10. The largest absolute Gasteiger partial charge is 0.313 e. The van der Waals surface area contributed by atoms with E-state index in [4.69, 9.17) is 0 Å². The number of halogens is 1. The van der Waals surface area contributed by atoms with Crippen molar-refractivity contribution >= 4 is 15.9 Å². The summed E-state index contributed by atoms with van der Waals surface area (Å²) in [6, 6.07) is 9.39. The molecule has 94 valence electrons. The van der Waals surface area contributed by atoms with Crippen molar-refractivity contribution in [1.29, 1.82) is 0 Å². The number of hydrogen-bond acceptors (Lipinski definition) is 1. The third-order valence-electron chi connectivity index (χ3n) is 3.82. The van der Waals surface area contributed by atoms with Gasteiger partial charge in [0.05, 0.1) is 0 Å². The highest BCUT2D eigenvalue weighted by Crippen LogP contribution is 2.30. The molecule has 2 rings (SSSR count). The van der Waals surface area contributed by atoms with E-state index < -0.39 is 0 Å². The van der Waals surface area contributed by atoms with E-state index >= 15 is 0 Å². The SMILES string of the molecule is CCC(C)(CNC1CC1)Cc1ccccc1Br. The topological polar surface area (TPSA) is 12.0 Å². The molecule has 0 aromatic heterocycles. The van der Waals surface area contributed by atoms with E-state index in [2.05, 4.69) is 59.4 Å². The molecule has 0 spiro atoms. The van der Waals surface area contributed by atoms with Crippen molar-refractivity contribution in [3.63, 3.8) is 0 Å². The van der Waals surface area contributed by atoms with Crippen molar-refractivity contribution in [2.24, 2.45) is 5.41 Å². The van der Waals surface area contributed by atoms with E-state index in [1.54, 1.807) is 0 Å². The average molecular weight is 296 g/mol. The second-order valence-electron chi connectivity index (χ2n) is 5.59. The highest BCUT2D eigenvalue weighted by Gasteiger charge is 2.27. The van der Waals surface area contributed by atoms with E-state index in [0.29, 0.717) is 5.41 Å². The fourth-order valence-corrected chi connectivity index (χ4v) is 2.52. The second kappa shape index (κ2) is 5.53. The summed E-state index contributed by atoms with van der Waals surface area (Å²) in [5.41, 5.74) is 1.79. The quantitative estimate of drug-likeness (QED) is 0.831. The zero-order chi connectivity index (χ0) is 12.3. The number of nitrogens with one attached hydrogen (secondary N) is 1. The molecule has 1 aromatic carbocycles. The van der Waals surface area contributed by atoms with Crippen LogP contribution in [0, 0.1) is 5.41 Å². The van der Waals surface area contributed by atoms with Gasteiger partial charge in [0.25, 0.3) is 0 Å². The molecule has 1 atom stereocenters. The molecule has 1 nitrogen and oxygen atoms in total. The molecular formula is C15H22BrN. The first-order chi connectivity index (χ1) is 8.13. The van der Waals surface area contributed by atoms with Gasteiger partial charge in [0, 0.05) is 17.1 Å². The Labute approximate surface area is 113 Å². The minimum absolute atomic E-state index is 0.368. The van der Waals surface area contributed by atoms with Gasteiger partial charge in [-0.3, -0.25) is 0 Å². The van der Waals surface area contributed by atoms with Gasteiger partial charge in [-0.15, -0.1) is 0 Å². The van der Waals surface area contributed by atoms with Crippen LogP contribution in [0.5, 0.6) is 0 Å². The van der Waals surface area contributed by atoms with Gasteiger partial charge in [0.15, 0.2) is 0 Å². The van der Waals surface area contributed by atoms with E-state index in [-0.39, 0.29) is 0 Å². The summed E-state index contributed by atoms with van der Waals surface area (Å²) in [4.78, 5) is 0. The molecule has 1 aliphatic rings. The Morgan fingerprint density at radius 1 is 1.35 bits per heavy atom. The first-order valence-corrected chi connectivity index (χ1v) is 7.39. The van der Waals surface area contributed by atoms with Crippen molar-refractivity contribution in [2.75, 3.05) is 6.54 Å². The molecule has 0 saturated heterocycles. The second-order valence-corrected chi connectivity index (χ2v) is 6.44. The molecule has 17 heavy (non-hydrogen) atoms. The van der Waals surface area contributed by atoms with Crippen LogP contribution in [0.4, 0.5) is 0 Å². The summed E-state index contributed by atoms with van der Waals surface area (Å²) in [6.07, 6.45) is 5.10. The Balaban J connectivity index is 1.99. The third-order valence-corrected chi connectivity index (χ3v) is 4.60. The van der Waals surface area contributed by atoms with Crippen LogP contribution in [-0.2, 0) is 6.42 Å². The van der Waals surface area contributed by atoms with Gasteiger partial charge in [-0.1, -0.05) is 48.0 Å². The predicted octanol–water partition coefficient (Wildman–Crippen LogP) is 4.16. The Bertz CT molecular complexity index is 373. The van der Waals surface area contributed by atoms with Gasteiger partial charge in [0.2, 0.25) is 0 Å². The minimum atomic E-state index is 0.368. The molecular weight excluding hydrogens is 274 g/mol. The fraction of sp³-hybridized carbons (Fsp3) is 0.600. The van der Waals surface area contributed by atoms with Crippen LogP contribution in [0.25, 0.3) is 0 Å². The van der Waals surface area contributed by atoms with Crippen LogP contribution in [0.3, 0.4) is 0 Å². The van der Waals surface area contributed by atoms with Crippen LogP contribution in [-0.4, -0.2) is 12.6 Å². The molecule has 0 radical (unpaired) electrons. The van der Waals surface area contributed by atoms with Gasteiger partial charge in [-0.25, -0.2) is 0 Å². The lowest BCUT2D eigenvalue weighted by Crippen LogP contribution is -2.34. The van der Waals surface area contributed by atoms with Gasteiger partial charge >= 0.3 is 0 Å². The van der Waals surface area contributed by atoms with Gasteiger partial charge < -0.3 is 5.32 Å². The van der Waals surface area contributed by atoms with Gasteiger partial charge in [0.1, 0.15) is 0 Å². The standard InChI is InChI=1S/C15H22BrN/c1-3-15(2,11-17-13-8-9-13)10-12-6-4-5-7-14(12)16/h4-7,13,17H,3,8-11H2,1-2H3. The normalized spacial score (nSPS) is 19.0. The minimum Gasteiger partial charge on any atom is -0.313 e. The highest BCUT2D eigenvalue weighted by atomic mass is 79.9. The van der Waals surface area contributed by atoms with Crippen molar-refractivity contribution in [3.8, 4) is 0 Å². The third kappa shape index (κ3) is 3.82. The van der Waals surface area contributed by atoms with Crippen molar-refractivity contribution in [1.82, 2.24) is 5.32 Å². The first-order valence-electron chi connectivity index (χ1n) is 6.60. The first kappa shape index (κ1) is 13.1. The molecule has 0 heterocycles. The summed E-state index contributed by atoms with van der Waals surface area (Å²) in [7, 11) is 0. The van der Waals surface area contributed by atoms with Gasteiger partial charge in [-0.05, 0) is 42.7 Å². The lowest BCUT2D eigenvalue weighted by Gasteiger charge is -2.29. The summed E-state index contributed by atoms with van der Waals surface area (Å²) in [6.45, 7) is 5.82. The van der Waals surface area contributed by atoms with Crippen LogP contribution in [0.2, 0.25) is 0 Å². The van der Waals surface area contributed by atoms with Crippen LogP contribution >= 0.6 is 15.9 Å². The number of rotatable bonds is 6. The lowest BCUT2D eigenvalue weighted by atomic mass is 9.81. The van der Waals surface area contributed by atoms with Crippen molar-refractivity contribution in [2.45, 2.75) is 45.6 Å². The zero-order valence-electron chi connectivity index (χ0n) is 10.8. The van der Waals surface area contributed by atoms with Gasteiger partial charge in [-0.2, -0.15) is 0 Å². The molecule has 1 N–H and O–H groups in total. The summed E-state index contributed by atoms with van der Waals surface area (Å²) in [5.74, 6) is 0. The number of benzene rings is 1. The summed E-state index contributed by atoms with van der Waals surface area (Å²) in [5, 5.41) is 3.67. The molecule has 1 aromatic rings. The van der Waals surface area contributed by atoms with Crippen molar-refractivity contribution in [3.05, 3.63) is 34.3 Å². The fourth-order valence-electron chi connectivity index (χ4n) is 2.09. The molecule has 1 fully saturated rings. The molecule has 1 saturated carbocycles. The van der Waals surface area contributed by atoms with Crippen LogP contribution in [0.15, 0.2) is 28.7 Å². The van der Waals surface area contributed by atoms with E-state index in [0.717, 1.165) is 19.0 Å². The summed E-state index contributed by atoms with van der Waals surface area (Å²) >= 11 is 3.65. The molecule has 1 aliphatic carbocycles. The maximum Gasteiger partial charge on any atom is 0.0207 e. The molecule has 0 aliphatic heterocycles. The van der Waals surface area contributed by atoms with E-state index in [1.807, 2.05) is 0 Å². The van der Waals surface area contributed by atoms with Crippen LogP contribution in [0.1, 0.15) is 38.7 Å². The molecule has 2 heteroatoms. The van der Waals surface area contributed by atoms with Crippen LogP contribution < -0.4 is 5.32 Å². The Morgan fingerprint density at radius 3 is 2.65 bits per heavy atom. The molecule has 0 amide bonds. The monoisotopic (exact) mass is 295 g/mol. The maximum absolute atomic E-state index is 3.67. The Kier molecular flexibility index (Phi) is 4.26.